The quantitative estimate of drug-likeness (QED) is 0.735. The summed E-state index contributed by atoms with van der Waals surface area (Å²) in [6, 6.07) is 11.6. The fourth-order valence-electron chi connectivity index (χ4n) is 3.02. The minimum absolute atomic E-state index is 0.802. The number of rotatable bonds is 6. The fourth-order valence-corrected chi connectivity index (χ4v) is 3.02. The molecule has 0 radical (unpaired) electrons. The first kappa shape index (κ1) is 12.6. The number of hydrogen-bond donors (Lipinski definition) is 1. The van der Waals surface area contributed by atoms with E-state index in [0.717, 1.165) is 12.0 Å². The molecular weight excluding hydrogens is 206 g/mol. The predicted octanol–water partition coefficient (Wildman–Crippen LogP) is 3.79. The molecule has 2 atom stereocenters. The molecule has 1 nitrogen and oxygen atoms in total. The van der Waals surface area contributed by atoms with E-state index in [-0.39, 0.29) is 0 Å². The Hall–Kier alpha value is -0.820. The van der Waals surface area contributed by atoms with Gasteiger partial charge in [0, 0.05) is 6.04 Å². The van der Waals surface area contributed by atoms with Crippen molar-refractivity contribution in [1.82, 2.24) is 5.32 Å². The Labute approximate surface area is 106 Å². The molecule has 1 aromatic carbocycles. The summed E-state index contributed by atoms with van der Waals surface area (Å²) in [5.74, 6) is 0.937. The van der Waals surface area contributed by atoms with Crippen LogP contribution in [0.2, 0.25) is 0 Å². The zero-order valence-electron chi connectivity index (χ0n) is 11.0. The van der Waals surface area contributed by atoms with Gasteiger partial charge >= 0.3 is 0 Å². The molecule has 0 saturated heterocycles. The second-order valence-corrected chi connectivity index (χ2v) is 5.25. The summed E-state index contributed by atoms with van der Waals surface area (Å²) in [5.41, 5.74) is 1.47. The molecule has 0 spiro atoms. The Morgan fingerprint density at radius 3 is 2.76 bits per heavy atom. The zero-order valence-corrected chi connectivity index (χ0v) is 11.0. The smallest absolute Gasteiger partial charge is 0.00952 e. The van der Waals surface area contributed by atoms with Gasteiger partial charge in [0.2, 0.25) is 0 Å². The lowest BCUT2D eigenvalue weighted by Crippen LogP contribution is -2.33. The third-order valence-electron chi connectivity index (χ3n) is 4.08. The van der Waals surface area contributed by atoms with Crippen molar-refractivity contribution in [1.29, 1.82) is 0 Å². The molecule has 0 heterocycles. The Kier molecular flexibility index (Phi) is 5.06. The van der Waals surface area contributed by atoms with E-state index in [4.69, 9.17) is 0 Å². The first-order valence-electron chi connectivity index (χ1n) is 7.17. The molecule has 0 aliphatic heterocycles. The van der Waals surface area contributed by atoms with Crippen molar-refractivity contribution in [3.8, 4) is 0 Å². The molecule has 17 heavy (non-hydrogen) atoms. The summed E-state index contributed by atoms with van der Waals surface area (Å²) in [5, 5.41) is 3.75. The predicted molar refractivity (Wildman–Crippen MR) is 74.2 cm³/mol. The van der Waals surface area contributed by atoms with Crippen LogP contribution < -0.4 is 5.32 Å². The second kappa shape index (κ2) is 6.80. The van der Waals surface area contributed by atoms with Crippen LogP contribution in [0.4, 0.5) is 0 Å². The van der Waals surface area contributed by atoms with Crippen molar-refractivity contribution in [2.75, 3.05) is 6.54 Å². The number of nitrogens with one attached hydrogen (secondary N) is 1. The Morgan fingerprint density at radius 2 is 2.00 bits per heavy atom. The Bertz CT molecular complexity index is 307. The van der Waals surface area contributed by atoms with Crippen LogP contribution in [0.15, 0.2) is 30.3 Å². The van der Waals surface area contributed by atoms with Crippen LogP contribution in [0.25, 0.3) is 0 Å². The maximum atomic E-state index is 3.75. The number of aryl methyl sites for hydroxylation is 1. The molecule has 94 valence electrons. The van der Waals surface area contributed by atoms with E-state index in [1.54, 1.807) is 0 Å². The summed E-state index contributed by atoms with van der Waals surface area (Å²) < 4.78 is 0. The molecule has 2 rings (SSSR count). The van der Waals surface area contributed by atoms with Gasteiger partial charge in [0.1, 0.15) is 0 Å². The van der Waals surface area contributed by atoms with Crippen LogP contribution in [0, 0.1) is 5.92 Å². The molecule has 2 unspecified atom stereocenters. The molecule has 1 aromatic rings. The van der Waals surface area contributed by atoms with Gasteiger partial charge in [-0.05, 0) is 43.7 Å². The molecular formula is C16H25N. The molecule has 0 aromatic heterocycles. The minimum atomic E-state index is 0.802. The highest BCUT2D eigenvalue weighted by Gasteiger charge is 2.24. The summed E-state index contributed by atoms with van der Waals surface area (Å²) in [6.07, 6.45) is 8.07. The third-order valence-corrected chi connectivity index (χ3v) is 4.08. The van der Waals surface area contributed by atoms with Crippen LogP contribution >= 0.6 is 0 Å². The van der Waals surface area contributed by atoms with Gasteiger partial charge in [0.15, 0.2) is 0 Å². The summed E-state index contributed by atoms with van der Waals surface area (Å²) >= 11 is 0. The van der Waals surface area contributed by atoms with Gasteiger partial charge in [-0.25, -0.2) is 0 Å². The molecule has 1 fully saturated rings. The Morgan fingerprint density at radius 1 is 1.18 bits per heavy atom. The molecule has 1 saturated carbocycles. The lowest BCUT2D eigenvalue weighted by Gasteiger charge is -2.19. The first-order chi connectivity index (χ1) is 8.40. The van der Waals surface area contributed by atoms with Gasteiger partial charge in [-0.2, -0.15) is 0 Å². The van der Waals surface area contributed by atoms with Gasteiger partial charge in [-0.3, -0.25) is 0 Å². The van der Waals surface area contributed by atoms with Crippen molar-refractivity contribution in [2.45, 2.75) is 51.5 Å². The van der Waals surface area contributed by atoms with Crippen molar-refractivity contribution >= 4 is 0 Å². The standard InChI is InChI=1S/C16H25N/c1-2-15-11-6-12-16(15)17-13-7-10-14-8-4-3-5-9-14/h3-5,8-9,15-17H,2,6-7,10-13H2,1H3. The van der Waals surface area contributed by atoms with Gasteiger partial charge in [0.25, 0.3) is 0 Å². The van der Waals surface area contributed by atoms with E-state index in [9.17, 15) is 0 Å². The highest BCUT2D eigenvalue weighted by Crippen LogP contribution is 2.27. The van der Waals surface area contributed by atoms with Crippen LogP contribution in [0.5, 0.6) is 0 Å². The molecule has 1 heteroatoms. The fraction of sp³-hybridized carbons (Fsp3) is 0.625. The van der Waals surface area contributed by atoms with Crippen LogP contribution in [-0.4, -0.2) is 12.6 Å². The van der Waals surface area contributed by atoms with Gasteiger partial charge in [0.05, 0.1) is 0 Å². The normalized spacial score (nSPS) is 24.1. The van der Waals surface area contributed by atoms with E-state index < -0.39 is 0 Å². The topological polar surface area (TPSA) is 12.0 Å². The highest BCUT2D eigenvalue weighted by atomic mass is 14.9. The van der Waals surface area contributed by atoms with Crippen LogP contribution in [-0.2, 0) is 6.42 Å². The largest absolute Gasteiger partial charge is 0.314 e. The maximum Gasteiger partial charge on any atom is 0.00952 e. The van der Waals surface area contributed by atoms with E-state index in [0.29, 0.717) is 0 Å². The van der Waals surface area contributed by atoms with Crippen molar-refractivity contribution in [2.24, 2.45) is 5.92 Å². The van der Waals surface area contributed by atoms with Gasteiger partial charge in [-0.15, -0.1) is 0 Å². The van der Waals surface area contributed by atoms with Crippen molar-refractivity contribution in [3.05, 3.63) is 35.9 Å². The summed E-state index contributed by atoms with van der Waals surface area (Å²) in [6.45, 7) is 3.50. The zero-order chi connectivity index (χ0) is 11.9. The highest BCUT2D eigenvalue weighted by molar-refractivity contribution is 5.14. The summed E-state index contributed by atoms with van der Waals surface area (Å²) in [4.78, 5) is 0. The van der Waals surface area contributed by atoms with E-state index in [2.05, 4.69) is 42.6 Å². The van der Waals surface area contributed by atoms with E-state index in [1.807, 2.05) is 0 Å². The maximum absolute atomic E-state index is 3.75. The number of benzene rings is 1. The molecule has 1 aliphatic rings. The average molecular weight is 231 g/mol. The molecule has 1 aliphatic carbocycles. The molecule has 0 bridgehead atoms. The SMILES string of the molecule is CCC1CCCC1NCCCc1ccccc1. The van der Waals surface area contributed by atoms with E-state index in [1.165, 1.54) is 50.6 Å². The van der Waals surface area contributed by atoms with Crippen LogP contribution in [0.1, 0.15) is 44.6 Å². The Balaban J connectivity index is 1.63. The monoisotopic (exact) mass is 231 g/mol. The molecule has 1 N–H and O–H groups in total. The number of hydrogen-bond acceptors (Lipinski definition) is 1. The molecule has 0 amide bonds. The van der Waals surface area contributed by atoms with Gasteiger partial charge < -0.3 is 5.32 Å². The summed E-state index contributed by atoms with van der Waals surface area (Å²) in [7, 11) is 0. The van der Waals surface area contributed by atoms with Crippen molar-refractivity contribution < 1.29 is 0 Å². The first-order valence-corrected chi connectivity index (χ1v) is 7.17. The van der Waals surface area contributed by atoms with E-state index >= 15 is 0 Å². The van der Waals surface area contributed by atoms with Gasteiger partial charge in [-0.1, -0.05) is 50.1 Å². The lowest BCUT2D eigenvalue weighted by atomic mass is 10.0. The average Bonchev–Trinajstić information content (AvgIpc) is 2.83. The lowest BCUT2D eigenvalue weighted by molar-refractivity contribution is 0.389. The minimum Gasteiger partial charge on any atom is -0.314 e. The van der Waals surface area contributed by atoms with Crippen molar-refractivity contribution in [3.63, 3.8) is 0 Å². The van der Waals surface area contributed by atoms with Crippen LogP contribution in [0.3, 0.4) is 0 Å². The third kappa shape index (κ3) is 3.85. The second-order valence-electron chi connectivity index (χ2n) is 5.25.